The summed E-state index contributed by atoms with van der Waals surface area (Å²) >= 11 is 0. The lowest BCUT2D eigenvalue weighted by Crippen LogP contribution is -2.25. The average molecular weight is 293 g/mol. The number of halogens is 2. The van der Waals surface area contributed by atoms with Crippen molar-refractivity contribution in [2.45, 2.75) is 32.7 Å². The maximum atomic E-state index is 13.9. The molecule has 0 aliphatic carbocycles. The predicted octanol–water partition coefficient (Wildman–Crippen LogP) is 3.29. The monoisotopic (exact) mass is 293 g/mol. The average Bonchev–Trinajstić information content (AvgIpc) is 2.78. The van der Waals surface area contributed by atoms with Gasteiger partial charge in [-0.3, -0.25) is 4.68 Å². The molecule has 0 amide bonds. The van der Waals surface area contributed by atoms with Crippen LogP contribution in [0.15, 0.2) is 24.4 Å². The number of rotatable bonds is 6. The second-order valence-corrected chi connectivity index (χ2v) is 5.27. The Morgan fingerprint density at radius 1 is 1.33 bits per heavy atom. The topological polar surface area (TPSA) is 29.9 Å². The van der Waals surface area contributed by atoms with Crippen LogP contribution < -0.4 is 5.32 Å². The first-order chi connectivity index (χ1) is 10.0. The van der Waals surface area contributed by atoms with E-state index in [1.807, 2.05) is 20.2 Å². The van der Waals surface area contributed by atoms with E-state index in [1.54, 1.807) is 16.8 Å². The first kappa shape index (κ1) is 15.6. The van der Waals surface area contributed by atoms with Crippen molar-refractivity contribution in [3.63, 3.8) is 0 Å². The lowest BCUT2D eigenvalue weighted by atomic mass is 9.99. The van der Waals surface area contributed by atoms with Crippen LogP contribution in [0.25, 0.3) is 0 Å². The summed E-state index contributed by atoms with van der Waals surface area (Å²) in [5, 5.41) is 7.72. The fraction of sp³-hybridized carbons (Fsp3) is 0.438. The molecule has 2 aromatic rings. The fourth-order valence-corrected chi connectivity index (χ4v) is 2.50. The van der Waals surface area contributed by atoms with Gasteiger partial charge >= 0.3 is 0 Å². The van der Waals surface area contributed by atoms with Gasteiger partial charge in [-0.2, -0.15) is 5.10 Å². The molecule has 1 atom stereocenters. The van der Waals surface area contributed by atoms with E-state index in [2.05, 4.69) is 17.3 Å². The molecule has 1 N–H and O–H groups in total. The van der Waals surface area contributed by atoms with Crippen molar-refractivity contribution in [1.29, 1.82) is 0 Å². The number of hydrogen-bond donors (Lipinski definition) is 1. The highest BCUT2D eigenvalue weighted by Gasteiger charge is 2.19. The number of hydrogen-bond acceptors (Lipinski definition) is 2. The molecule has 5 heteroatoms. The van der Waals surface area contributed by atoms with Crippen molar-refractivity contribution in [3.05, 3.63) is 52.9 Å². The summed E-state index contributed by atoms with van der Waals surface area (Å²) in [5.74, 6) is -1.56. The van der Waals surface area contributed by atoms with Crippen LogP contribution in [0.5, 0.6) is 0 Å². The zero-order chi connectivity index (χ0) is 15.4. The molecule has 0 radical (unpaired) electrons. The van der Waals surface area contributed by atoms with E-state index < -0.39 is 11.6 Å². The first-order valence-electron chi connectivity index (χ1n) is 7.19. The molecule has 1 aromatic carbocycles. The van der Waals surface area contributed by atoms with Crippen LogP contribution in [0.4, 0.5) is 8.78 Å². The SMILES string of the molecule is CCCNC(Cc1cccc(F)c1F)c1cn(C)nc1C. The van der Waals surface area contributed by atoms with Crippen molar-refractivity contribution >= 4 is 0 Å². The predicted molar refractivity (Wildman–Crippen MR) is 79.0 cm³/mol. The molecule has 1 aromatic heterocycles. The minimum absolute atomic E-state index is 0.0741. The number of benzene rings is 1. The molecule has 0 bridgehead atoms. The minimum atomic E-state index is -0.801. The maximum absolute atomic E-state index is 13.9. The molecule has 0 fully saturated rings. The highest BCUT2D eigenvalue weighted by molar-refractivity contribution is 5.26. The van der Waals surface area contributed by atoms with E-state index in [0.29, 0.717) is 12.0 Å². The Kier molecular flexibility index (Phi) is 5.07. The van der Waals surface area contributed by atoms with Crippen LogP contribution in [0.3, 0.4) is 0 Å². The molecular weight excluding hydrogens is 272 g/mol. The van der Waals surface area contributed by atoms with E-state index >= 15 is 0 Å². The Morgan fingerprint density at radius 2 is 2.10 bits per heavy atom. The molecule has 114 valence electrons. The molecule has 0 spiro atoms. The van der Waals surface area contributed by atoms with Crippen molar-refractivity contribution < 1.29 is 8.78 Å². The van der Waals surface area contributed by atoms with Crippen molar-refractivity contribution in [2.24, 2.45) is 7.05 Å². The van der Waals surface area contributed by atoms with E-state index in [4.69, 9.17) is 0 Å². The molecule has 0 saturated heterocycles. The number of nitrogens with zero attached hydrogens (tertiary/aromatic N) is 2. The van der Waals surface area contributed by atoms with Gasteiger partial charge in [0.25, 0.3) is 0 Å². The van der Waals surface area contributed by atoms with Gasteiger partial charge in [0.15, 0.2) is 11.6 Å². The quantitative estimate of drug-likeness (QED) is 0.885. The molecule has 1 heterocycles. The molecule has 2 rings (SSSR count). The number of nitrogens with one attached hydrogen (secondary N) is 1. The van der Waals surface area contributed by atoms with Crippen LogP contribution in [0.2, 0.25) is 0 Å². The lowest BCUT2D eigenvalue weighted by Gasteiger charge is -2.18. The second-order valence-electron chi connectivity index (χ2n) is 5.27. The maximum Gasteiger partial charge on any atom is 0.162 e. The highest BCUT2D eigenvalue weighted by atomic mass is 19.2. The van der Waals surface area contributed by atoms with Crippen molar-refractivity contribution in [3.8, 4) is 0 Å². The number of aromatic nitrogens is 2. The zero-order valence-corrected chi connectivity index (χ0v) is 12.7. The standard InChI is InChI=1S/C16H21F2N3/c1-4-8-19-15(13-10-21(3)20-11(13)2)9-12-6-5-7-14(17)16(12)18/h5-7,10,15,19H,4,8-9H2,1-3H3. The van der Waals surface area contributed by atoms with Crippen LogP contribution in [0, 0.1) is 18.6 Å². The summed E-state index contributed by atoms with van der Waals surface area (Å²) in [5.41, 5.74) is 2.31. The Morgan fingerprint density at radius 3 is 2.71 bits per heavy atom. The third-order valence-corrected chi connectivity index (χ3v) is 3.52. The van der Waals surface area contributed by atoms with Gasteiger partial charge in [-0.15, -0.1) is 0 Å². The fourth-order valence-electron chi connectivity index (χ4n) is 2.50. The molecule has 3 nitrogen and oxygen atoms in total. The normalized spacial score (nSPS) is 12.6. The summed E-state index contributed by atoms with van der Waals surface area (Å²) in [4.78, 5) is 0. The van der Waals surface area contributed by atoms with Gasteiger partial charge in [0.1, 0.15) is 0 Å². The Balaban J connectivity index is 2.28. The summed E-state index contributed by atoms with van der Waals surface area (Å²) in [7, 11) is 1.86. The van der Waals surface area contributed by atoms with Gasteiger partial charge in [-0.1, -0.05) is 19.1 Å². The van der Waals surface area contributed by atoms with Gasteiger partial charge < -0.3 is 5.32 Å². The summed E-state index contributed by atoms with van der Waals surface area (Å²) < 4.78 is 29.0. The third kappa shape index (κ3) is 3.67. The molecule has 0 saturated carbocycles. The molecular formula is C16H21F2N3. The van der Waals surface area contributed by atoms with Crippen LogP contribution in [0.1, 0.15) is 36.2 Å². The lowest BCUT2D eigenvalue weighted by molar-refractivity contribution is 0.476. The van der Waals surface area contributed by atoms with Crippen LogP contribution >= 0.6 is 0 Å². The summed E-state index contributed by atoms with van der Waals surface area (Å²) in [6, 6.07) is 4.24. The number of aryl methyl sites for hydroxylation is 2. The molecule has 21 heavy (non-hydrogen) atoms. The van der Waals surface area contributed by atoms with Crippen molar-refractivity contribution in [1.82, 2.24) is 15.1 Å². The smallest absolute Gasteiger partial charge is 0.162 e. The summed E-state index contributed by atoms with van der Waals surface area (Å²) in [6.07, 6.45) is 3.30. The van der Waals surface area contributed by atoms with E-state index in [0.717, 1.165) is 30.3 Å². The first-order valence-corrected chi connectivity index (χ1v) is 7.19. The van der Waals surface area contributed by atoms with Gasteiger partial charge in [-0.05, 0) is 37.9 Å². The Bertz CT molecular complexity index is 608. The van der Waals surface area contributed by atoms with E-state index in [-0.39, 0.29) is 6.04 Å². The van der Waals surface area contributed by atoms with E-state index in [1.165, 1.54) is 0 Å². The summed E-state index contributed by atoms with van der Waals surface area (Å²) in [6.45, 7) is 4.82. The molecule has 0 aliphatic rings. The second kappa shape index (κ2) is 6.80. The third-order valence-electron chi connectivity index (χ3n) is 3.52. The van der Waals surface area contributed by atoms with Crippen molar-refractivity contribution in [2.75, 3.05) is 6.54 Å². The van der Waals surface area contributed by atoms with Gasteiger partial charge in [0, 0.05) is 24.8 Å². The molecule has 0 aliphatic heterocycles. The highest BCUT2D eigenvalue weighted by Crippen LogP contribution is 2.23. The van der Waals surface area contributed by atoms with Crippen LogP contribution in [-0.2, 0) is 13.5 Å². The Labute approximate surface area is 124 Å². The minimum Gasteiger partial charge on any atom is -0.310 e. The van der Waals surface area contributed by atoms with Crippen LogP contribution in [-0.4, -0.2) is 16.3 Å². The molecule has 1 unspecified atom stereocenters. The largest absolute Gasteiger partial charge is 0.310 e. The van der Waals surface area contributed by atoms with E-state index in [9.17, 15) is 8.78 Å². The van der Waals surface area contributed by atoms with Gasteiger partial charge in [0.2, 0.25) is 0 Å². The van der Waals surface area contributed by atoms with Gasteiger partial charge in [0.05, 0.1) is 5.69 Å². The zero-order valence-electron chi connectivity index (χ0n) is 12.7. The van der Waals surface area contributed by atoms with Gasteiger partial charge in [-0.25, -0.2) is 8.78 Å². The Hall–Kier alpha value is -1.75.